The molecule has 6 heteroatoms. The zero-order valence-corrected chi connectivity index (χ0v) is 22.4. The molecule has 1 saturated carbocycles. The Bertz CT molecular complexity index is 1210. The lowest BCUT2D eigenvalue weighted by Gasteiger charge is -2.37. The summed E-state index contributed by atoms with van der Waals surface area (Å²) >= 11 is 3.51. The number of halogens is 1. The van der Waals surface area contributed by atoms with Crippen molar-refractivity contribution in [1.29, 1.82) is 0 Å². The molecule has 0 bridgehead atoms. The first-order valence-electron chi connectivity index (χ1n) is 12.8. The monoisotopic (exact) mass is 549 g/mol. The van der Waals surface area contributed by atoms with Crippen molar-refractivity contribution in [3.8, 4) is 5.75 Å². The quantitative estimate of drug-likeness (QED) is 0.420. The van der Waals surface area contributed by atoms with Crippen LogP contribution in [0, 0.1) is 0 Å². The average Bonchev–Trinajstić information content (AvgIpc) is 2.89. The molecule has 3 aliphatic rings. The number of ether oxygens (including phenoxy) is 2. The van der Waals surface area contributed by atoms with Gasteiger partial charge in [0.1, 0.15) is 11.9 Å². The maximum Gasteiger partial charge on any atom is 0.337 e. The number of hydrogen-bond donors (Lipinski definition) is 1. The van der Waals surface area contributed by atoms with Gasteiger partial charge >= 0.3 is 5.97 Å². The highest BCUT2D eigenvalue weighted by atomic mass is 79.9. The van der Waals surface area contributed by atoms with E-state index in [1.165, 1.54) is 6.42 Å². The fourth-order valence-electron chi connectivity index (χ4n) is 5.81. The molecule has 2 aliphatic carbocycles. The molecular weight excluding hydrogens is 518 g/mol. The fraction of sp³-hybridized carbons (Fsp3) is 0.400. The number of rotatable bonds is 5. The van der Waals surface area contributed by atoms with Gasteiger partial charge in [0.25, 0.3) is 0 Å². The molecule has 0 radical (unpaired) electrons. The highest BCUT2D eigenvalue weighted by Gasteiger charge is 2.41. The van der Waals surface area contributed by atoms with E-state index in [-0.39, 0.29) is 23.8 Å². The van der Waals surface area contributed by atoms with Crippen LogP contribution in [0.1, 0.15) is 74.8 Å². The minimum atomic E-state index is -0.435. The van der Waals surface area contributed by atoms with Crippen molar-refractivity contribution in [3.05, 3.63) is 86.7 Å². The number of ketones is 1. The van der Waals surface area contributed by atoms with Crippen LogP contribution in [-0.2, 0) is 14.3 Å². The smallest absolute Gasteiger partial charge is 0.337 e. The molecular formula is C30H32BrNO4. The molecule has 1 fully saturated rings. The van der Waals surface area contributed by atoms with Crippen LogP contribution in [0.15, 0.2) is 75.5 Å². The third-order valence-corrected chi connectivity index (χ3v) is 8.19. The minimum absolute atomic E-state index is 0.0472. The van der Waals surface area contributed by atoms with Gasteiger partial charge in [-0.2, -0.15) is 0 Å². The van der Waals surface area contributed by atoms with Gasteiger partial charge in [0.05, 0.1) is 12.7 Å². The van der Waals surface area contributed by atoms with Gasteiger partial charge in [-0.1, -0.05) is 46.6 Å². The number of hydrogen-bond acceptors (Lipinski definition) is 5. The van der Waals surface area contributed by atoms with E-state index in [4.69, 9.17) is 9.47 Å². The van der Waals surface area contributed by atoms with E-state index in [1.54, 1.807) is 7.11 Å². The zero-order valence-electron chi connectivity index (χ0n) is 20.8. The highest BCUT2D eigenvalue weighted by molar-refractivity contribution is 9.10. The van der Waals surface area contributed by atoms with Crippen LogP contribution in [0.25, 0.3) is 0 Å². The topological polar surface area (TPSA) is 64.6 Å². The van der Waals surface area contributed by atoms with E-state index < -0.39 is 5.92 Å². The predicted octanol–water partition coefficient (Wildman–Crippen LogP) is 6.70. The first kappa shape index (κ1) is 24.8. The van der Waals surface area contributed by atoms with Gasteiger partial charge in [0.15, 0.2) is 5.78 Å². The Labute approximate surface area is 221 Å². The number of methoxy groups -OCH3 is 1. The first-order valence-corrected chi connectivity index (χ1v) is 13.6. The van der Waals surface area contributed by atoms with Crippen LogP contribution in [0.4, 0.5) is 0 Å². The summed E-state index contributed by atoms with van der Waals surface area (Å²) in [6.45, 7) is 1.93. The summed E-state index contributed by atoms with van der Waals surface area (Å²) in [7, 11) is 1.65. The molecule has 0 unspecified atom stereocenters. The SMILES string of the molecule is COc1ccc([C@@H]2CC(=O)C3=C(C2)NC(C)=C(C(=O)OC2CCCCC2)[C@H]3c2ccc(Br)cc2)cc1. The number of carbonyl (C=O) groups is 2. The van der Waals surface area contributed by atoms with Crippen molar-refractivity contribution in [2.45, 2.75) is 69.8 Å². The molecule has 0 aromatic heterocycles. The van der Waals surface area contributed by atoms with Gasteiger partial charge in [0, 0.05) is 33.8 Å². The van der Waals surface area contributed by atoms with Gasteiger partial charge in [-0.25, -0.2) is 4.79 Å². The summed E-state index contributed by atoms with van der Waals surface area (Å²) in [4.78, 5) is 27.3. The molecule has 2 aromatic carbocycles. The third-order valence-electron chi connectivity index (χ3n) is 7.66. The van der Waals surface area contributed by atoms with Crippen LogP contribution in [0.2, 0.25) is 0 Å². The van der Waals surface area contributed by atoms with E-state index >= 15 is 0 Å². The molecule has 2 aromatic rings. The predicted molar refractivity (Wildman–Crippen MR) is 143 cm³/mol. The van der Waals surface area contributed by atoms with E-state index in [0.29, 0.717) is 24.0 Å². The fourth-order valence-corrected chi connectivity index (χ4v) is 6.07. The Morgan fingerprint density at radius 3 is 2.28 bits per heavy atom. The molecule has 5 nitrogen and oxygen atoms in total. The molecule has 1 heterocycles. The average molecular weight is 550 g/mol. The summed E-state index contributed by atoms with van der Waals surface area (Å²) in [6, 6.07) is 15.9. The van der Waals surface area contributed by atoms with E-state index in [2.05, 4.69) is 21.2 Å². The molecule has 36 heavy (non-hydrogen) atoms. The maximum atomic E-state index is 13.7. The van der Waals surface area contributed by atoms with Crippen molar-refractivity contribution in [2.24, 2.45) is 0 Å². The first-order chi connectivity index (χ1) is 17.4. The number of carbonyl (C=O) groups excluding carboxylic acids is 2. The Balaban J connectivity index is 1.50. The second-order valence-electron chi connectivity index (χ2n) is 10.0. The van der Waals surface area contributed by atoms with Crippen molar-refractivity contribution in [2.75, 3.05) is 7.11 Å². The second-order valence-corrected chi connectivity index (χ2v) is 10.9. The van der Waals surface area contributed by atoms with Gasteiger partial charge < -0.3 is 14.8 Å². The Kier molecular flexibility index (Phi) is 7.33. The summed E-state index contributed by atoms with van der Waals surface area (Å²) in [5.41, 5.74) is 4.97. The molecule has 2 atom stereocenters. The lowest BCUT2D eigenvalue weighted by molar-refractivity contribution is -0.146. The highest BCUT2D eigenvalue weighted by Crippen LogP contribution is 2.46. The number of esters is 1. The normalized spacial score (nSPS) is 22.7. The van der Waals surface area contributed by atoms with Crippen LogP contribution >= 0.6 is 15.9 Å². The molecule has 5 rings (SSSR count). The van der Waals surface area contributed by atoms with Crippen LogP contribution < -0.4 is 10.1 Å². The van der Waals surface area contributed by atoms with Crippen LogP contribution in [0.3, 0.4) is 0 Å². The van der Waals surface area contributed by atoms with Gasteiger partial charge in [-0.05, 0) is 80.3 Å². The Morgan fingerprint density at radius 1 is 0.944 bits per heavy atom. The van der Waals surface area contributed by atoms with Crippen molar-refractivity contribution in [3.63, 3.8) is 0 Å². The number of dihydropyridines is 1. The molecule has 0 spiro atoms. The second kappa shape index (κ2) is 10.6. The van der Waals surface area contributed by atoms with Crippen molar-refractivity contribution in [1.82, 2.24) is 5.32 Å². The minimum Gasteiger partial charge on any atom is -0.497 e. The number of nitrogens with one attached hydrogen (secondary N) is 1. The van der Waals surface area contributed by atoms with E-state index in [1.807, 2.05) is 55.5 Å². The third kappa shape index (κ3) is 5.01. The van der Waals surface area contributed by atoms with Gasteiger partial charge in [0.2, 0.25) is 0 Å². The molecule has 1 N–H and O–H groups in total. The lowest BCUT2D eigenvalue weighted by atomic mass is 9.71. The van der Waals surface area contributed by atoms with Crippen LogP contribution in [-0.4, -0.2) is 25.0 Å². The molecule has 188 valence electrons. The summed E-state index contributed by atoms with van der Waals surface area (Å²) in [5, 5.41) is 3.45. The zero-order chi connectivity index (χ0) is 25.2. The number of allylic oxidation sites excluding steroid dienone is 3. The summed E-state index contributed by atoms with van der Waals surface area (Å²) in [6.07, 6.45) is 6.26. The summed E-state index contributed by atoms with van der Waals surface area (Å²) < 4.78 is 12.3. The largest absolute Gasteiger partial charge is 0.497 e. The van der Waals surface area contributed by atoms with Gasteiger partial charge in [-0.15, -0.1) is 0 Å². The number of benzene rings is 2. The maximum absolute atomic E-state index is 13.7. The van der Waals surface area contributed by atoms with Crippen molar-refractivity contribution < 1.29 is 19.1 Å². The van der Waals surface area contributed by atoms with E-state index in [9.17, 15) is 9.59 Å². The van der Waals surface area contributed by atoms with Gasteiger partial charge in [-0.3, -0.25) is 4.79 Å². The Morgan fingerprint density at radius 2 is 1.61 bits per heavy atom. The lowest BCUT2D eigenvalue weighted by Crippen LogP contribution is -2.37. The van der Waals surface area contributed by atoms with Crippen LogP contribution in [0.5, 0.6) is 5.75 Å². The molecule has 0 saturated heterocycles. The number of Topliss-reactive ketones (excluding diaryl/α,β-unsaturated/α-hetero) is 1. The van der Waals surface area contributed by atoms with Crippen molar-refractivity contribution >= 4 is 27.7 Å². The molecule has 0 amide bonds. The van der Waals surface area contributed by atoms with E-state index in [0.717, 1.165) is 58.4 Å². The standard InChI is InChI=1S/C30H32BrNO4/c1-18-27(30(34)36-24-6-4-3-5-7-24)28(20-8-12-22(31)13-9-20)29-25(32-18)16-21(17-26(29)33)19-10-14-23(35-2)15-11-19/h8-15,21,24,28,32H,3-7,16-17H2,1-2H3/t21-,28+/m0/s1. The Hall–Kier alpha value is -2.86. The molecule has 1 aliphatic heterocycles. The summed E-state index contributed by atoms with van der Waals surface area (Å²) in [5.74, 6) is 0.203.